The van der Waals surface area contributed by atoms with E-state index in [1.807, 2.05) is 31.7 Å². The van der Waals surface area contributed by atoms with Crippen LogP contribution in [-0.4, -0.2) is 53.5 Å². The Bertz CT molecular complexity index is 611. The van der Waals surface area contributed by atoms with Crippen LogP contribution in [0.1, 0.15) is 37.6 Å². The van der Waals surface area contributed by atoms with Gasteiger partial charge in [-0.05, 0) is 39.2 Å². The molecule has 0 aliphatic carbocycles. The number of aromatic nitrogens is 1. The Kier molecular flexibility index (Phi) is 4.00. The molecule has 2 aliphatic rings. The summed E-state index contributed by atoms with van der Waals surface area (Å²) in [6.45, 7) is 8.01. The van der Waals surface area contributed by atoms with Crippen LogP contribution >= 0.6 is 0 Å². The Labute approximate surface area is 136 Å². The number of carbonyl (C=O) groups excluding carboxylic acids is 2. The average Bonchev–Trinajstić information content (AvgIpc) is 2.80. The van der Waals surface area contributed by atoms with E-state index in [2.05, 4.69) is 9.88 Å². The van der Waals surface area contributed by atoms with Gasteiger partial charge in [0.25, 0.3) is 0 Å². The first kappa shape index (κ1) is 15.8. The van der Waals surface area contributed by atoms with Gasteiger partial charge < -0.3 is 14.5 Å². The molecule has 2 bridgehead atoms. The molecule has 1 aromatic heterocycles. The van der Waals surface area contributed by atoms with Crippen molar-refractivity contribution in [1.82, 2.24) is 9.88 Å². The standard InChI is InChI=1S/C17H23N3O3/c1-17(2,3)23-16(22)20-9-13-5-15(20)10-19(8-13)14-4-12(11-21)6-18-7-14/h4,6-7,11,13,15H,5,8-10H2,1-3H3. The van der Waals surface area contributed by atoms with Gasteiger partial charge in [0.05, 0.1) is 17.9 Å². The lowest BCUT2D eigenvalue weighted by molar-refractivity contribution is 0.0233. The van der Waals surface area contributed by atoms with Crippen LogP contribution in [0.5, 0.6) is 0 Å². The first-order valence-electron chi connectivity index (χ1n) is 8.00. The topological polar surface area (TPSA) is 62.7 Å². The number of nitrogens with zero attached hydrogens (tertiary/aromatic N) is 3. The summed E-state index contributed by atoms with van der Waals surface area (Å²) in [5, 5.41) is 0. The quantitative estimate of drug-likeness (QED) is 0.784. The van der Waals surface area contributed by atoms with Crippen LogP contribution < -0.4 is 4.90 Å². The summed E-state index contributed by atoms with van der Waals surface area (Å²) in [5.74, 6) is 0.432. The third-order valence-corrected chi connectivity index (χ3v) is 4.28. The molecule has 124 valence electrons. The van der Waals surface area contributed by atoms with E-state index in [0.717, 1.165) is 38.0 Å². The molecule has 6 nitrogen and oxygen atoms in total. The fraction of sp³-hybridized carbons (Fsp3) is 0.588. The second kappa shape index (κ2) is 5.83. The van der Waals surface area contributed by atoms with Gasteiger partial charge in [-0.3, -0.25) is 9.78 Å². The molecule has 0 saturated carbocycles. The lowest BCUT2D eigenvalue weighted by atomic mass is 9.99. The summed E-state index contributed by atoms with van der Waals surface area (Å²) < 4.78 is 5.52. The molecule has 2 unspecified atom stereocenters. The van der Waals surface area contributed by atoms with Gasteiger partial charge in [-0.2, -0.15) is 0 Å². The Hall–Kier alpha value is -2.11. The molecule has 23 heavy (non-hydrogen) atoms. The number of fused-ring (bicyclic) bond motifs is 2. The monoisotopic (exact) mass is 317 g/mol. The van der Waals surface area contributed by atoms with Crippen molar-refractivity contribution in [3.8, 4) is 0 Å². The molecule has 0 aromatic carbocycles. The lowest BCUT2D eigenvalue weighted by Gasteiger charge is -2.34. The summed E-state index contributed by atoms with van der Waals surface area (Å²) >= 11 is 0. The number of hydrogen-bond donors (Lipinski definition) is 0. The summed E-state index contributed by atoms with van der Waals surface area (Å²) in [7, 11) is 0. The highest BCUT2D eigenvalue weighted by Gasteiger charge is 2.42. The summed E-state index contributed by atoms with van der Waals surface area (Å²) in [6, 6.07) is 2.01. The van der Waals surface area contributed by atoms with Crippen molar-refractivity contribution in [3.05, 3.63) is 24.0 Å². The van der Waals surface area contributed by atoms with Crippen LogP contribution in [0.15, 0.2) is 18.5 Å². The Morgan fingerprint density at radius 1 is 1.30 bits per heavy atom. The highest BCUT2D eigenvalue weighted by molar-refractivity contribution is 5.76. The summed E-state index contributed by atoms with van der Waals surface area (Å²) in [6.07, 6.45) is 4.92. The second-order valence-electron chi connectivity index (χ2n) is 7.39. The third-order valence-electron chi connectivity index (χ3n) is 4.28. The van der Waals surface area contributed by atoms with E-state index in [0.29, 0.717) is 11.5 Å². The maximum absolute atomic E-state index is 12.4. The van der Waals surface area contributed by atoms with Gasteiger partial charge in [-0.1, -0.05) is 0 Å². The normalized spacial score (nSPS) is 23.8. The van der Waals surface area contributed by atoms with E-state index in [-0.39, 0.29) is 12.1 Å². The van der Waals surface area contributed by atoms with Crippen molar-refractivity contribution >= 4 is 18.1 Å². The zero-order chi connectivity index (χ0) is 16.6. The number of ether oxygens (including phenoxy) is 1. The minimum atomic E-state index is -0.477. The molecule has 1 amide bonds. The van der Waals surface area contributed by atoms with Gasteiger partial charge in [0.2, 0.25) is 0 Å². The van der Waals surface area contributed by atoms with Crippen molar-refractivity contribution in [1.29, 1.82) is 0 Å². The van der Waals surface area contributed by atoms with Crippen molar-refractivity contribution in [2.75, 3.05) is 24.5 Å². The van der Waals surface area contributed by atoms with Gasteiger partial charge in [0.15, 0.2) is 6.29 Å². The molecule has 1 aromatic rings. The first-order chi connectivity index (χ1) is 10.9. The van der Waals surface area contributed by atoms with E-state index < -0.39 is 5.60 Å². The Balaban J connectivity index is 1.72. The molecule has 3 heterocycles. The van der Waals surface area contributed by atoms with Gasteiger partial charge >= 0.3 is 6.09 Å². The summed E-state index contributed by atoms with van der Waals surface area (Å²) in [5.41, 5.74) is 1.04. The number of hydrogen-bond acceptors (Lipinski definition) is 5. The lowest BCUT2D eigenvalue weighted by Crippen LogP contribution is -2.45. The number of amides is 1. The fourth-order valence-corrected chi connectivity index (χ4v) is 3.40. The molecular formula is C17H23N3O3. The number of likely N-dealkylation sites (tertiary alicyclic amines) is 1. The third kappa shape index (κ3) is 3.46. The van der Waals surface area contributed by atoms with Crippen molar-refractivity contribution < 1.29 is 14.3 Å². The van der Waals surface area contributed by atoms with Crippen molar-refractivity contribution in [2.45, 2.75) is 38.8 Å². The number of piperidine rings is 1. The maximum atomic E-state index is 12.4. The molecule has 6 heteroatoms. The fourth-order valence-electron chi connectivity index (χ4n) is 3.40. The van der Waals surface area contributed by atoms with Gasteiger partial charge in [0, 0.05) is 31.4 Å². The highest BCUT2D eigenvalue weighted by atomic mass is 16.6. The van der Waals surface area contributed by atoms with E-state index in [4.69, 9.17) is 4.74 Å². The minimum Gasteiger partial charge on any atom is -0.444 e. The highest BCUT2D eigenvalue weighted by Crippen LogP contribution is 2.33. The van der Waals surface area contributed by atoms with E-state index in [9.17, 15) is 9.59 Å². The van der Waals surface area contributed by atoms with Crippen LogP contribution in [0.2, 0.25) is 0 Å². The largest absolute Gasteiger partial charge is 0.444 e. The number of rotatable bonds is 2. The maximum Gasteiger partial charge on any atom is 0.410 e. The molecule has 2 atom stereocenters. The first-order valence-corrected chi connectivity index (χ1v) is 8.00. The molecule has 2 saturated heterocycles. The van der Waals surface area contributed by atoms with Crippen molar-refractivity contribution in [3.63, 3.8) is 0 Å². The SMILES string of the molecule is CC(C)(C)OC(=O)N1CC2CC1CN(c1cncc(C=O)c1)C2. The number of anilines is 1. The van der Waals surface area contributed by atoms with Gasteiger partial charge in [0.1, 0.15) is 5.60 Å². The molecule has 2 fully saturated rings. The molecule has 3 rings (SSSR count). The van der Waals surface area contributed by atoms with E-state index in [1.165, 1.54) is 0 Å². The van der Waals surface area contributed by atoms with Crippen molar-refractivity contribution in [2.24, 2.45) is 5.92 Å². The smallest absolute Gasteiger partial charge is 0.410 e. The number of pyridine rings is 1. The zero-order valence-corrected chi connectivity index (χ0v) is 13.9. The molecule has 0 radical (unpaired) electrons. The average molecular weight is 317 g/mol. The van der Waals surface area contributed by atoms with E-state index in [1.54, 1.807) is 12.4 Å². The van der Waals surface area contributed by atoms with E-state index >= 15 is 0 Å². The Morgan fingerprint density at radius 3 is 2.78 bits per heavy atom. The van der Waals surface area contributed by atoms with Crippen LogP contribution in [-0.2, 0) is 4.74 Å². The van der Waals surface area contributed by atoms with Crippen LogP contribution in [0, 0.1) is 5.92 Å². The molecular weight excluding hydrogens is 294 g/mol. The minimum absolute atomic E-state index is 0.156. The van der Waals surface area contributed by atoms with Gasteiger partial charge in [-0.15, -0.1) is 0 Å². The zero-order valence-electron chi connectivity index (χ0n) is 13.9. The van der Waals surface area contributed by atoms with Crippen LogP contribution in [0.25, 0.3) is 0 Å². The number of carbonyl (C=O) groups is 2. The predicted octanol–water partition coefficient (Wildman–Crippen LogP) is 2.34. The summed E-state index contributed by atoms with van der Waals surface area (Å²) in [4.78, 5) is 31.5. The second-order valence-corrected chi connectivity index (χ2v) is 7.39. The predicted molar refractivity (Wildman–Crippen MR) is 86.7 cm³/mol. The van der Waals surface area contributed by atoms with Gasteiger partial charge in [-0.25, -0.2) is 4.79 Å². The number of aldehydes is 1. The molecule has 0 N–H and O–H groups in total. The van der Waals surface area contributed by atoms with Crippen LogP contribution in [0.4, 0.5) is 10.5 Å². The Morgan fingerprint density at radius 2 is 2.09 bits per heavy atom. The molecule has 0 spiro atoms. The molecule has 2 aliphatic heterocycles. The van der Waals surface area contributed by atoms with Crippen LogP contribution in [0.3, 0.4) is 0 Å².